The molecule has 0 bridgehead atoms. The molecule has 0 aliphatic carbocycles. The molecular weight excluding hydrogens is 889 g/mol. The van der Waals surface area contributed by atoms with Crippen LogP contribution in [0.3, 0.4) is 0 Å². The predicted molar refractivity (Wildman–Crippen MR) is 306 cm³/mol. The molecule has 0 saturated heterocycles. The van der Waals surface area contributed by atoms with Crippen LogP contribution >= 0.6 is 0 Å². The second-order valence-corrected chi connectivity index (χ2v) is 24.8. The first kappa shape index (κ1) is 49.7. The van der Waals surface area contributed by atoms with Gasteiger partial charge < -0.3 is 15.1 Å². The minimum Gasteiger partial charge on any atom is -0.376 e. The zero-order valence-electron chi connectivity index (χ0n) is 45.0. The Bertz CT molecular complexity index is 3140. The highest BCUT2D eigenvalue weighted by atomic mass is 16.3. The van der Waals surface area contributed by atoms with E-state index in [-0.39, 0.29) is 21.7 Å². The molecule has 73 heavy (non-hydrogen) atoms. The van der Waals surface area contributed by atoms with Crippen LogP contribution < -0.4 is 4.90 Å². The molecule has 8 aromatic carbocycles. The van der Waals surface area contributed by atoms with E-state index in [1.807, 2.05) is 12.4 Å². The number of anilines is 1. The van der Waals surface area contributed by atoms with Crippen LogP contribution in [0.5, 0.6) is 0 Å². The lowest BCUT2D eigenvalue weighted by Gasteiger charge is -2.35. The Labute approximate surface area is 434 Å². The van der Waals surface area contributed by atoms with Crippen molar-refractivity contribution >= 4 is 27.2 Å². The predicted octanol–water partition coefficient (Wildman–Crippen LogP) is 16.3. The van der Waals surface area contributed by atoms with Crippen molar-refractivity contribution < 1.29 is 10.2 Å². The number of rotatable bonds is 7. The van der Waals surface area contributed by atoms with Gasteiger partial charge in [-0.1, -0.05) is 229 Å². The van der Waals surface area contributed by atoms with Gasteiger partial charge in [0.25, 0.3) is 0 Å². The molecule has 0 saturated carbocycles. The molecule has 0 spiro atoms. The molecule has 1 aliphatic heterocycles. The van der Waals surface area contributed by atoms with Crippen molar-refractivity contribution in [2.24, 2.45) is 0 Å². The molecular formula is C69H72N2O2. The lowest BCUT2D eigenvalue weighted by molar-refractivity contribution is 0.124. The minimum atomic E-state index is -1.59. The summed E-state index contributed by atoms with van der Waals surface area (Å²) in [7, 11) is 0. The Morgan fingerprint density at radius 1 is 0.356 bits per heavy atom. The molecule has 10 rings (SSSR count). The minimum absolute atomic E-state index is 0.0796. The first-order valence-electron chi connectivity index (χ1n) is 26.1. The first-order chi connectivity index (χ1) is 34.5. The maximum absolute atomic E-state index is 14.4. The summed E-state index contributed by atoms with van der Waals surface area (Å²) >= 11 is 0. The maximum Gasteiger partial charge on any atom is 0.140 e. The van der Waals surface area contributed by atoms with E-state index >= 15 is 0 Å². The van der Waals surface area contributed by atoms with Crippen molar-refractivity contribution in [1.82, 2.24) is 4.98 Å². The molecule has 2 heterocycles. The van der Waals surface area contributed by atoms with Crippen molar-refractivity contribution in [3.8, 4) is 11.1 Å². The summed E-state index contributed by atoms with van der Waals surface area (Å²) in [6.45, 7) is 27.7. The lowest BCUT2D eigenvalue weighted by atomic mass is 9.72. The highest BCUT2D eigenvalue weighted by Gasteiger charge is 2.43. The van der Waals surface area contributed by atoms with E-state index in [0.29, 0.717) is 13.1 Å². The average molecular weight is 961 g/mol. The SMILES string of the molecule is CC(C)(C)c1ccc(C(O)(c2ccc(C(C)(C)C)cc2)c2cc3ccccc3c3c2CN(c2ccncc2)Cc2c(C(O)(c4ccc(C(C)(C)C)cc4)c4ccc(C(C)(C)C)cc4)cc4ccccc4c2-3)cc1. The summed E-state index contributed by atoms with van der Waals surface area (Å²) < 4.78 is 0. The summed E-state index contributed by atoms with van der Waals surface area (Å²) in [5.41, 5.74) is 11.3. The molecule has 1 aliphatic rings. The molecule has 2 N–H and O–H groups in total. The van der Waals surface area contributed by atoms with Gasteiger partial charge in [0.05, 0.1) is 0 Å². The van der Waals surface area contributed by atoms with Crippen molar-refractivity contribution in [1.29, 1.82) is 0 Å². The van der Waals surface area contributed by atoms with Gasteiger partial charge in [-0.25, -0.2) is 0 Å². The molecule has 0 atom stereocenters. The number of benzene rings is 8. The lowest BCUT2D eigenvalue weighted by Crippen LogP contribution is -2.33. The third-order valence-corrected chi connectivity index (χ3v) is 15.7. The Hall–Kier alpha value is -6.85. The van der Waals surface area contributed by atoms with Gasteiger partial charge in [-0.3, -0.25) is 4.98 Å². The van der Waals surface area contributed by atoms with Crippen LogP contribution in [0.1, 0.15) is 150 Å². The Balaban J connectivity index is 1.37. The summed E-state index contributed by atoms with van der Waals surface area (Å²) in [6, 6.07) is 60.5. The first-order valence-corrected chi connectivity index (χ1v) is 26.1. The van der Waals surface area contributed by atoms with Crippen molar-refractivity contribution in [3.05, 3.63) is 249 Å². The maximum atomic E-state index is 14.4. The number of aromatic nitrogens is 1. The Kier molecular flexibility index (Phi) is 12.2. The zero-order chi connectivity index (χ0) is 51.9. The van der Waals surface area contributed by atoms with Crippen LogP contribution in [0.2, 0.25) is 0 Å². The van der Waals surface area contributed by atoms with Crippen molar-refractivity contribution in [3.63, 3.8) is 0 Å². The third kappa shape index (κ3) is 8.87. The van der Waals surface area contributed by atoms with Crippen molar-refractivity contribution in [2.45, 2.75) is 129 Å². The fraction of sp³-hybridized carbons (Fsp3) is 0.290. The molecule has 0 fully saturated rings. The molecule has 0 amide bonds. The van der Waals surface area contributed by atoms with Crippen LogP contribution in [0.25, 0.3) is 32.7 Å². The highest BCUT2D eigenvalue weighted by Crippen LogP contribution is 2.53. The standard InChI is InChI=1S/C69H72N2O2/c1-64(2,3)47-21-29-51(30-22-47)68(72,52-31-23-48(24-32-52)65(4,5)6)60-41-45-17-13-15-19-56(45)62-58(60)43-71(55-37-39-70-40-38-55)44-59-61(42-46-18-14-16-20-57(46)63(59)62)69(73,53-33-25-49(26-34-53)66(7,8)9)54-35-27-50(28-36-54)67(10,11)12/h13-42,72-73H,43-44H2,1-12H3. The van der Waals surface area contributed by atoms with Gasteiger partial charge in [-0.05, 0) is 145 Å². The molecule has 370 valence electrons. The second-order valence-electron chi connectivity index (χ2n) is 24.8. The van der Waals surface area contributed by atoms with Crippen LogP contribution in [-0.2, 0) is 46.0 Å². The summed E-state index contributed by atoms with van der Waals surface area (Å²) in [5, 5.41) is 33.0. The normalized spacial score (nSPS) is 13.8. The van der Waals surface area contributed by atoms with E-state index in [1.165, 1.54) is 22.3 Å². The molecule has 4 nitrogen and oxygen atoms in total. The average Bonchev–Trinajstić information content (AvgIpc) is 3.55. The number of hydrogen-bond acceptors (Lipinski definition) is 4. The van der Waals surface area contributed by atoms with E-state index in [1.54, 1.807) is 0 Å². The second kappa shape index (κ2) is 18.0. The Morgan fingerprint density at radius 3 is 0.918 bits per heavy atom. The van der Waals surface area contributed by atoms with Crippen LogP contribution in [0, 0.1) is 0 Å². The van der Waals surface area contributed by atoms with Gasteiger partial charge in [0.2, 0.25) is 0 Å². The van der Waals surface area contributed by atoms with E-state index < -0.39 is 11.2 Å². The van der Waals surface area contributed by atoms with E-state index in [4.69, 9.17) is 0 Å². The monoisotopic (exact) mass is 961 g/mol. The fourth-order valence-electron chi connectivity index (χ4n) is 11.3. The highest BCUT2D eigenvalue weighted by molar-refractivity contribution is 6.09. The van der Waals surface area contributed by atoms with Gasteiger partial charge in [0.1, 0.15) is 11.2 Å². The topological polar surface area (TPSA) is 56.6 Å². The fourth-order valence-corrected chi connectivity index (χ4v) is 11.3. The number of aliphatic hydroxyl groups is 2. The van der Waals surface area contributed by atoms with Crippen LogP contribution in [-0.4, -0.2) is 15.2 Å². The van der Waals surface area contributed by atoms with Gasteiger partial charge in [-0.15, -0.1) is 0 Å². The quantitative estimate of drug-likeness (QED) is 0.156. The molecule has 0 radical (unpaired) electrons. The molecule has 0 unspecified atom stereocenters. The van der Waals surface area contributed by atoms with Crippen LogP contribution in [0.15, 0.2) is 182 Å². The van der Waals surface area contributed by atoms with E-state index in [0.717, 1.165) is 82.9 Å². The number of hydrogen-bond donors (Lipinski definition) is 2. The summed E-state index contributed by atoms with van der Waals surface area (Å²) in [4.78, 5) is 6.91. The van der Waals surface area contributed by atoms with E-state index in [9.17, 15) is 10.2 Å². The summed E-state index contributed by atoms with van der Waals surface area (Å²) in [5.74, 6) is 0. The van der Waals surface area contributed by atoms with Gasteiger partial charge in [0.15, 0.2) is 0 Å². The summed E-state index contributed by atoms with van der Waals surface area (Å²) in [6.07, 6.45) is 3.72. The number of nitrogens with zero attached hydrogens (tertiary/aromatic N) is 2. The molecule has 1 aromatic heterocycles. The smallest absolute Gasteiger partial charge is 0.140 e. The zero-order valence-corrected chi connectivity index (χ0v) is 45.0. The number of fused-ring (bicyclic) bond motifs is 7. The van der Waals surface area contributed by atoms with Crippen LogP contribution in [0.4, 0.5) is 5.69 Å². The number of pyridine rings is 1. The molecule has 9 aromatic rings. The van der Waals surface area contributed by atoms with Gasteiger partial charge in [0, 0.05) is 31.2 Å². The van der Waals surface area contributed by atoms with Gasteiger partial charge >= 0.3 is 0 Å². The third-order valence-electron chi connectivity index (χ3n) is 15.7. The van der Waals surface area contributed by atoms with Gasteiger partial charge in [-0.2, -0.15) is 0 Å². The largest absolute Gasteiger partial charge is 0.376 e. The molecule has 4 heteroatoms. The van der Waals surface area contributed by atoms with Crippen molar-refractivity contribution in [2.75, 3.05) is 4.90 Å². The Morgan fingerprint density at radius 2 is 0.630 bits per heavy atom. The van der Waals surface area contributed by atoms with E-state index in [2.05, 4.69) is 263 Å².